The number of hydrogen-bond donors (Lipinski definition) is 1. The van der Waals surface area contributed by atoms with Gasteiger partial charge < -0.3 is 10.2 Å². The molecule has 0 aliphatic carbocycles. The normalized spacial score (nSPS) is 24.9. The first-order chi connectivity index (χ1) is 9.86. The minimum atomic E-state index is -4.48. The number of nitrogens with one attached hydrogen (secondary N) is 1. The van der Waals surface area contributed by atoms with Crippen molar-refractivity contribution < 1.29 is 22.8 Å². The number of alkyl halides is 3. The summed E-state index contributed by atoms with van der Waals surface area (Å²) in [5, 5.41) is 2.77. The number of halogens is 3. The van der Waals surface area contributed by atoms with Crippen molar-refractivity contribution in [2.45, 2.75) is 31.1 Å². The molecule has 0 radical (unpaired) electrons. The van der Waals surface area contributed by atoms with Crippen LogP contribution in [0.1, 0.15) is 28.8 Å². The van der Waals surface area contributed by atoms with Gasteiger partial charge >= 0.3 is 6.18 Å². The molecule has 2 atom stereocenters. The first-order valence-corrected chi connectivity index (χ1v) is 6.64. The number of likely N-dealkylation sites (tertiary alicyclic amines) is 1. The largest absolute Gasteiger partial charge is 0.416 e. The minimum absolute atomic E-state index is 0.00447. The van der Waals surface area contributed by atoms with Crippen LogP contribution in [0.5, 0.6) is 0 Å². The number of hydrogen-bond acceptors (Lipinski definition) is 2. The van der Waals surface area contributed by atoms with Crippen molar-refractivity contribution in [3.63, 3.8) is 0 Å². The van der Waals surface area contributed by atoms with E-state index in [4.69, 9.17) is 0 Å². The Hall–Kier alpha value is -2.05. The Morgan fingerprint density at radius 1 is 1.33 bits per heavy atom. The van der Waals surface area contributed by atoms with Crippen LogP contribution in [0.4, 0.5) is 13.2 Å². The van der Waals surface area contributed by atoms with E-state index in [1.165, 1.54) is 17.0 Å². The van der Waals surface area contributed by atoms with Gasteiger partial charge in [0.15, 0.2) is 0 Å². The van der Waals surface area contributed by atoms with Gasteiger partial charge in [-0.3, -0.25) is 9.59 Å². The molecule has 4 nitrogen and oxygen atoms in total. The predicted octanol–water partition coefficient (Wildman–Crippen LogP) is 1.81. The third kappa shape index (κ3) is 2.48. The van der Waals surface area contributed by atoms with Crippen molar-refractivity contribution in [3.05, 3.63) is 35.4 Å². The van der Waals surface area contributed by atoms with Gasteiger partial charge in [-0.25, -0.2) is 0 Å². The first-order valence-electron chi connectivity index (χ1n) is 6.64. The van der Waals surface area contributed by atoms with Crippen LogP contribution in [0.15, 0.2) is 24.3 Å². The first kappa shape index (κ1) is 13.9. The van der Waals surface area contributed by atoms with Crippen molar-refractivity contribution in [3.8, 4) is 0 Å². The van der Waals surface area contributed by atoms with Crippen LogP contribution in [0, 0.1) is 0 Å². The highest BCUT2D eigenvalue weighted by molar-refractivity contribution is 5.95. The summed E-state index contributed by atoms with van der Waals surface area (Å²) in [5.74, 6) is -0.573. The van der Waals surface area contributed by atoms with E-state index in [2.05, 4.69) is 5.32 Å². The molecule has 2 aliphatic heterocycles. The van der Waals surface area contributed by atoms with Crippen LogP contribution in [0.25, 0.3) is 0 Å². The van der Waals surface area contributed by atoms with E-state index in [9.17, 15) is 22.8 Å². The second kappa shape index (κ2) is 4.75. The number of carbonyl (C=O) groups is 2. The standard InChI is InChI=1S/C14H13F3N2O2/c15-14(16,17)9-3-1-2-8(6-9)13(21)19-5-4-10-11(19)7-12(20)18-10/h1-3,6,10-11H,4-5,7H2,(H,18,20)/t10-,11+/m0/s1. The summed E-state index contributed by atoms with van der Waals surface area (Å²) in [7, 11) is 0. The van der Waals surface area contributed by atoms with Gasteiger partial charge in [0.1, 0.15) is 0 Å². The lowest BCUT2D eigenvalue weighted by Crippen LogP contribution is -2.38. The third-order valence-electron chi connectivity index (χ3n) is 3.98. The number of benzene rings is 1. The number of carbonyl (C=O) groups excluding carboxylic acids is 2. The molecule has 1 aromatic rings. The maximum atomic E-state index is 12.7. The quantitative estimate of drug-likeness (QED) is 0.859. The Morgan fingerprint density at radius 3 is 2.81 bits per heavy atom. The zero-order valence-corrected chi connectivity index (χ0v) is 11.0. The molecule has 3 rings (SSSR count). The van der Waals surface area contributed by atoms with E-state index in [0.717, 1.165) is 12.1 Å². The average molecular weight is 298 g/mol. The van der Waals surface area contributed by atoms with E-state index in [0.29, 0.717) is 13.0 Å². The second-order valence-electron chi connectivity index (χ2n) is 5.31. The summed E-state index contributed by atoms with van der Waals surface area (Å²) in [4.78, 5) is 25.2. The second-order valence-corrected chi connectivity index (χ2v) is 5.31. The Morgan fingerprint density at radius 2 is 2.10 bits per heavy atom. The zero-order valence-electron chi connectivity index (χ0n) is 11.0. The van der Waals surface area contributed by atoms with E-state index < -0.39 is 17.6 Å². The summed E-state index contributed by atoms with van der Waals surface area (Å²) in [6.45, 7) is 0.449. The van der Waals surface area contributed by atoms with Crippen molar-refractivity contribution in [2.75, 3.05) is 6.54 Å². The molecule has 0 bridgehead atoms. The molecule has 0 saturated carbocycles. The molecule has 2 heterocycles. The highest BCUT2D eigenvalue weighted by Gasteiger charge is 2.43. The van der Waals surface area contributed by atoms with Gasteiger partial charge in [-0.2, -0.15) is 13.2 Å². The molecule has 0 aromatic heterocycles. The maximum Gasteiger partial charge on any atom is 0.416 e. The number of nitrogens with zero attached hydrogens (tertiary/aromatic N) is 1. The summed E-state index contributed by atoms with van der Waals surface area (Å²) < 4.78 is 38.1. The lowest BCUT2D eigenvalue weighted by Gasteiger charge is -2.23. The highest BCUT2D eigenvalue weighted by Crippen LogP contribution is 2.31. The average Bonchev–Trinajstić information content (AvgIpc) is 2.96. The zero-order chi connectivity index (χ0) is 15.2. The summed E-state index contributed by atoms with van der Waals surface area (Å²) >= 11 is 0. The van der Waals surface area contributed by atoms with Crippen LogP contribution in [0.3, 0.4) is 0 Å². The lowest BCUT2D eigenvalue weighted by molar-refractivity contribution is -0.137. The molecule has 0 spiro atoms. The van der Waals surface area contributed by atoms with E-state index in [1.54, 1.807) is 0 Å². The molecule has 0 unspecified atom stereocenters. The van der Waals surface area contributed by atoms with Crippen LogP contribution in [-0.4, -0.2) is 35.3 Å². The van der Waals surface area contributed by atoms with Gasteiger partial charge in [-0.05, 0) is 24.6 Å². The Labute approximate surface area is 118 Å². The van der Waals surface area contributed by atoms with E-state index in [-0.39, 0.29) is 30.0 Å². The fraction of sp³-hybridized carbons (Fsp3) is 0.429. The van der Waals surface area contributed by atoms with Gasteiger partial charge in [0.25, 0.3) is 5.91 Å². The fourth-order valence-electron chi connectivity index (χ4n) is 2.98. The van der Waals surface area contributed by atoms with Gasteiger partial charge in [0.05, 0.1) is 17.6 Å². The molecule has 1 aromatic carbocycles. The minimum Gasteiger partial charge on any atom is -0.351 e. The molecular weight excluding hydrogens is 285 g/mol. The van der Waals surface area contributed by atoms with Gasteiger partial charge in [-0.15, -0.1) is 0 Å². The monoisotopic (exact) mass is 298 g/mol. The summed E-state index contributed by atoms with van der Waals surface area (Å²) in [6, 6.07) is 4.06. The molecule has 112 valence electrons. The molecule has 2 saturated heterocycles. The predicted molar refractivity (Wildman–Crippen MR) is 67.4 cm³/mol. The van der Waals surface area contributed by atoms with Crippen LogP contribution in [-0.2, 0) is 11.0 Å². The fourth-order valence-corrected chi connectivity index (χ4v) is 2.98. The van der Waals surface area contributed by atoms with Crippen molar-refractivity contribution in [2.24, 2.45) is 0 Å². The molecule has 21 heavy (non-hydrogen) atoms. The Kier molecular flexibility index (Phi) is 3.15. The summed E-state index contributed by atoms with van der Waals surface area (Å²) in [6.07, 6.45) is -3.62. The highest BCUT2D eigenvalue weighted by atomic mass is 19.4. The van der Waals surface area contributed by atoms with Crippen molar-refractivity contribution >= 4 is 11.8 Å². The SMILES string of the molecule is O=C1C[C@@H]2[C@H](CCN2C(=O)c2cccc(C(F)(F)F)c2)N1. The van der Waals surface area contributed by atoms with Gasteiger partial charge in [0.2, 0.25) is 5.91 Å². The van der Waals surface area contributed by atoms with Crippen LogP contribution < -0.4 is 5.32 Å². The van der Waals surface area contributed by atoms with Crippen molar-refractivity contribution in [1.29, 1.82) is 0 Å². The molecule has 2 aliphatic rings. The van der Waals surface area contributed by atoms with E-state index >= 15 is 0 Å². The maximum absolute atomic E-state index is 12.7. The third-order valence-corrected chi connectivity index (χ3v) is 3.98. The Bertz CT molecular complexity index is 600. The number of fused-ring (bicyclic) bond motifs is 1. The molecule has 7 heteroatoms. The lowest BCUT2D eigenvalue weighted by atomic mass is 10.1. The number of amides is 2. The van der Waals surface area contributed by atoms with Gasteiger partial charge in [-0.1, -0.05) is 6.07 Å². The molecule has 2 amide bonds. The molecule has 1 N–H and O–H groups in total. The Balaban J connectivity index is 1.84. The van der Waals surface area contributed by atoms with Crippen LogP contribution in [0.2, 0.25) is 0 Å². The van der Waals surface area contributed by atoms with Gasteiger partial charge in [0, 0.05) is 18.5 Å². The topological polar surface area (TPSA) is 49.4 Å². The molecular formula is C14H13F3N2O2. The molecule has 2 fully saturated rings. The van der Waals surface area contributed by atoms with Crippen molar-refractivity contribution in [1.82, 2.24) is 10.2 Å². The van der Waals surface area contributed by atoms with Crippen LogP contribution >= 0.6 is 0 Å². The smallest absolute Gasteiger partial charge is 0.351 e. The number of rotatable bonds is 1. The van der Waals surface area contributed by atoms with E-state index in [1.807, 2.05) is 0 Å². The summed E-state index contributed by atoms with van der Waals surface area (Å²) in [5.41, 5.74) is -0.838.